The second-order valence-corrected chi connectivity index (χ2v) is 9.30. The van der Waals surface area contributed by atoms with Gasteiger partial charge in [0.2, 0.25) is 0 Å². The van der Waals surface area contributed by atoms with Gasteiger partial charge in [-0.2, -0.15) is 4.99 Å². The lowest BCUT2D eigenvalue weighted by atomic mass is 10.1. The minimum Gasteiger partial charge on any atom is -0.490 e. The number of aliphatic imine (C=N–C) groups is 1. The number of hydrogen-bond acceptors (Lipinski definition) is 5. The van der Waals surface area contributed by atoms with Crippen molar-refractivity contribution in [2.45, 2.75) is 13.8 Å². The summed E-state index contributed by atoms with van der Waals surface area (Å²) in [5, 5.41) is 11.2. The first kappa shape index (κ1) is 23.6. The van der Waals surface area contributed by atoms with E-state index in [0.717, 1.165) is 33.7 Å². The van der Waals surface area contributed by atoms with Crippen molar-refractivity contribution in [1.29, 1.82) is 5.41 Å². The molecular formula is C29H25N3O3S. The van der Waals surface area contributed by atoms with E-state index in [9.17, 15) is 4.79 Å². The zero-order valence-corrected chi connectivity index (χ0v) is 20.8. The molecule has 0 aromatic heterocycles. The Morgan fingerprint density at radius 3 is 2.61 bits per heavy atom. The van der Waals surface area contributed by atoms with Crippen LogP contribution in [0, 0.1) is 19.3 Å². The molecule has 0 radical (unpaired) electrons. The SMILES string of the molecule is Cc1ccc(C)c(OCCOc2cccc(C=C3C(=N)N4C(c5ccccc5)=CSC4=NC3=O)c2)c1. The van der Waals surface area contributed by atoms with Crippen LogP contribution in [0.5, 0.6) is 11.5 Å². The molecule has 2 aliphatic heterocycles. The van der Waals surface area contributed by atoms with Crippen molar-refractivity contribution in [3.05, 3.63) is 106 Å². The van der Waals surface area contributed by atoms with Crippen molar-refractivity contribution in [3.8, 4) is 11.5 Å². The smallest absolute Gasteiger partial charge is 0.283 e. The minimum absolute atomic E-state index is 0.110. The summed E-state index contributed by atoms with van der Waals surface area (Å²) in [6.45, 7) is 4.85. The first-order chi connectivity index (χ1) is 17.5. The van der Waals surface area contributed by atoms with Gasteiger partial charge in [0.15, 0.2) is 5.17 Å². The van der Waals surface area contributed by atoms with Gasteiger partial charge in [-0.05, 0) is 60.4 Å². The molecule has 0 aliphatic carbocycles. The number of hydrogen-bond donors (Lipinski definition) is 1. The van der Waals surface area contributed by atoms with Gasteiger partial charge in [-0.3, -0.25) is 15.1 Å². The number of rotatable bonds is 7. The Balaban J connectivity index is 1.28. The molecule has 0 bridgehead atoms. The lowest BCUT2D eigenvalue weighted by Gasteiger charge is -2.26. The number of nitrogens with one attached hydrogen (secondary N) is 1. The van der Waals surface area contributed by atoms with Crippen molar-refractivity contribution in [1.82, 2.24) is 4.90 Å². The minimum atomic E-state index is -0.422. The quantitative estimate of drug-likeness (QED) is 0.318. The number of fused-ring (bicyclic) bond motifs is 1. The molecule has 180 valence electrons. The van der Waals surface area contributed by atoms with E-state index in [0.29, 0.717) is 24.1 Å². The lowest BCUT2D eigenvalue weighted by molar-refractivity contribution is -0.114. The van der Waals surface area contributed by atoms with Gasteiger partial charge in [0.25, 0.3) is 5.91 Å². The molecule has 3 aromatic carbocycles. The fourth-order valence-corrected chi connectivity index (χ4v) is 4.84. The van der Waals surface area contributed by atoms with Gasteiger partial charge in [-0.1, -0.05) is 66.4 Å². The van der Waals surface area contributed by atoms with Crippen molar-refractivity contribution >= 4 is 40.4 Å². The van der Waals surface area contributed by atoms with Crippen LogP contribution in [0.15, 0.2) is 88.8 Å². The number of aryl methyl sites for hydroxylation is 2. The molecule has 3 aromatic rings. The van der Waals surface area contributed by atoms with Gasteiger partial charge in [0, 0.05) is 5.41 Å². The maximum atomic E-state index is 12.8. The van der Waals surface area contributed by atoms with E-state index in [4.69, 9.17) is 14.9 Å². The highest BCUT2D eigenvalue weighted by Crippen LogP contribution is 2.37. The zero-order valence-electron chi connectivity index (χ0n) is 20.0. The third kappa shape index (κ3) is 4.97. The predicted octanol–water partition coefficient (Wildman–Crippen LogP) is 6.07. The number of nitrogens with zero attached hydrogens (tertiary/aromatic N) is 2. The van der Waals surface area contributed by atoms with Crippen LogP contribution in [0.1, 0.15) is 22.3 Å². The molecule has 0 spiro atoms. The lowest BCUT2D eigenvalue weighted by Crippen LogP contribution is -2.38. The van der Waals surface area contributed by atoms with Crippen LogP contribution >= 0.6 is 11.8 Å². The van der Waals surface area contributed by atoms with Crippen molar-refractivity contribution in [2.24, 2.45) is 4.99 Å². The Labute approximate surface area is 214 Å². The van der Waals surface area contributed by atoms with Crippen LogP contribution in [0.3, 0.4) is 0 Å². The first-order valence-corrected chi connectivity index (χ1v) is 12.5. The van der Waals surface area contributed by atoms with Gasteiger partial charge in [0.1, 0.15) is 30.5 Å². The average molecular weight is 496 g/mol. The summed E-state index contributed by atoms with van der Waals surface area (Å²) < 4.78 is 11.8. The number of carbonyl (C=O) groups excluding carboxylic acids is 1. The highest BCUT2D eigenvalue weighted by atomic mass is 32.2. The first-order valence-electron chi connectivity index (χ1n) is 11.6. The van der Waals surface area contributed by atoms with Gasteiger partial charge in [-0.25, -0.2) is 0 Å². The summed E-state index contributed by atoms with van der Waals surface area (Å²) in [7, 11) is 0. The zero-order chi connectivity index (χ0) is 25.1. The van der Waals surface area contributed by atoms with Crippen molar-refractivity contribution in [2.75, 3.05) is 13.2 Å². The van der Waals surface area contributed by atoms with Crippen LogP contribution in [-0.4, -0.2) is 35.0 Å². The van der Waals surface area contributed by atoms with E-state index < -0.39 is 5.91 Å². The molecule has 0 saturated heterocycles. The maximum absolute atomic E-state index is 12.8. The third-order valence-corrected chi connectivity index (χ3v) is 6.63. The fourth-order valence-electron chi connectivity index (χ4n) is 3.95. The number of amides is 1. The Bertz CT molecular complexity index is 1430. The Morgan fingerprint density at radius 1 is 0.972 bits per heavy atom. The largest absolute Gasteiger partial charge is 0.490 e. The molecule has 1 N–H and O–H groups in total. The number of benzene rings is 3. The summed E-state index contributed by atoms with van der Waals surface area (Å²) in [5.74, 6) is 1.21. The molecule has 0 saturated carbocycles. The van der Waals surface area contributed by atoms with Crippen LogP contribution < -0.4 is 9.47 Å². The Hall–Kier alpha value is -4.10. The molecule has 0 fully saturated rings. The Morgan fingerprint density at radius 2 is 1.78 bits per heavy atom. The molecule has 0 unspecified atom stereocenters. The highest BCUT2D eigenvalue weighted by Gasteiger charge is 2.36. The van der Waals surface area contributed by atoms with E-state index in [1.807, 2.05) is 86.0 Å². The van der Waals surface area contributed by atoms with Gasteiger partial charge < -0.3 is 9.47 Å². The van der Waals surface area contributed by atoms with Gasteiger partial charge in [-0.15, -0.1) is 0 Å². The molecule has 2 heterocycles. The van der Waals surface area contributed by atoms with E-state index in [2.05, 4.69) is 11.1 Å². The molecule has 2 aliphatic rings. The molecule has 0 atom stereocenters. The molecule has 5 rings (SSSR count). The molecule has 7 heteroatoms. The van der Waals surface area contributed by atoms with Gasteiger partial charge >= 0.3 is 0 Å². The van der Waals surface area contributed by atoms with Crippen LogP contribution in [0.4, 0.5) is 0 Å². The molecule has 6 nitrogen and oxygen atoms in total. The molecule has 1 amide bonds. The predicted molar refractivity (Wildman–Crippen MR) is 145 cm³/mol. The average Bonchev–Trinajstić information content (AvgIpc) is 3.31. The van der Waals surface area contributed by atoms with Crippen molar-refractivity contribution < 1.29 is 14.3 Å². The van der Waals surface area contributed by atoms with E-state index in [1.165, 1.54) is 11.8 Å². The monoisotopic (exact) mass is 495 g/mol. The van der Waals surface area contributed by atoms with Crippen LogP contribution in [-0.2, 0) is 4.79 Å². The normalized spacial score (nSPS) is 16.1. The van der Waals surface area contributed by atoms with E-state index in [1.54, 1.807) is 11.0 Å². The third-order valence-electron chi connectivity index (χ3n) is 5.81. The highest BCUT2D eigenvalue weighted by molar-refractivity contribution is 8.17. The summed E-state index contributed by atoms with van der Waals surface area (Å²) in [5.41, 5.74) is 5.03. The Kier molecular flexibility index (Phi) is 6.73. The number of thioether (sulfide) groups is 1. The topological polar surface area (TPSA) is 75.0 Å². The summed E-state index contributed by atoms with van der Waals surface area (Å²) in [4.78, 5) is 18.7. The van der Waals surface area contributed by atoms with E-state index >= 15 is 0 Å². The van der Waals surface area contributed by atoms with Crippen LogP contribution in [0.25, 0.3) is 11.8 Å². The maximum Gasteiger partial charge on any atom is 0.283 e. The standard InChI is InChI=1S/C29H25N3O3S/c1-19-11-12-20(2)26(15-19)35-14-13-34-23-10-6-7-21(16-23)17-24-27(30)32-25(22-8-4-3-5-9-22)18-36-29(32)31-28(24)33/h3-12,15-18,30H,13-14H2,1-2H3. The van der Waals surface area contributed by atoms with Gasteiger partial charge in [0.05, 0.1) is 11.3 Å². The van der Waals surface area contributed by atoms with E-state index in [-0.39, 0.29) is 11.4 Å². The second kappa shape index (κ2) is 10.3. The molecule has 36 heavy (non-hydrogen) atoms. The van der Waals surface area contributed by atoms with Crippen LogP contribution in [0.2, 0.25) is 0 Å². The summed E-state index contributed by atoms with van der Waals surface area (Å²) >= 11 is 1.35. The number of ether oxygens (including phenoxy) is 2. The summed E-state index contributed by atoms with van der Waals surface area (Å²) in [6, 6.07) is 23.4. The number of amidine groups is 2. The fraction of sp³-hybridized carbons (Fsp3) is 0.138. The van der Waals surface area contributed by atoms with Crippen molar-refractivity contribution in [3.63, 3.8) is 0 Å². The second-order valence-electron chi connectivity index (χ2n) is 8.47. The molecular weight excluding hydrogens is 470 g/mol. The summed E-state index contributed by atoms with van der Waals surface area (Å²) in [6.07, 6.45) is 1.69. The number of carbonyl (C=O) groups is 1.